The molecule has 0 aliphatic carbocycles. The van der Waals surface area contributed by atoms with E-state index in [1.165, 1.54) is 0 Å². The van der Waals surface area contributed by atoms with Gasteiger partial charge in [0.1, 0.15) is 5.82 Å². The van der Waals surface area contributed by atoms with E-state index in [4.69, 9.17) is 0 Å². The van der Waals surface area contributed by atoms with E-state index in [2.05, 4.69) is 9.97 Å². The van der Waals surface area contributed by atoms with Crippen LogP contribution < -0.4 is 4.90 Å². The Hall–Kier alpha value is -2.42. The van der Waals surface area contributed by atoms with E-state index in [-0.39, 0.29) is 13.0 Å². The van der Waals surface area contributed by atoms with Crippen molar-refractivity contribution in [3.8, 4) is 0 Å². The smallest absolute Gasteiger partial charge is 0.355 e. The second-order valence-electron chi connectivity index (χ2n) is 7.06. The van der Waals surface area contributed by atoms with Gasteiger partial charge in [0.2, 0.25) is 15.0 Å². The summed E-state index contributed by atoms with van der Waals surface area (Å²) in [5, 5.41) is -2.48. The summed E-state index contributed by atoms with van der Waals surface area (Å²) in [6.07, 6.45) is -9.53. The predicted octanol–water partition coefficient (Wildman–Crippen LogP) is 2.97. The molecular weight excluding hydrogens is 488 g/mol. The van der Waals surface area contributed by atoms with Crippen molar-refractivity contribution in [2.24, 2.45) is 0 Å². The van der Waals surface area contributed by atoms with E-state index >= 15 is 0 Å². The van der Waals surface area contributed by atoms with Gasteiger partial charge in [-0.05, 0) is 18.6 Å². The van der Waals surface area contributed by atoms with Crippen LogP contribution in [0.5, 0.6) is 0 Å². The zero-order chi connectivity index (χ0) is 24.1. The summed E-state index contributed by atoms with van der Waals surface area (Å²) in [6.45, 7) is -0.651. The minimum atomic E-state index is -5.01. The fourth-order valence-corrected chi connectivity index (χ4v) is 5.64. The van der Waals surface area contributed by atoms with Gasteiger partial charge in [0.05, 0.1) is 15.7 Å². The summed E-state index contributed by atoms with van der Waals surface area (Å²) in [5.41, 5.74) is -2.89. The van der Waals surface area contributed by atoms with Crippen molar-refractivity contribution < 1.29 is 43.2 Å². The molecule has 2 aromatic rings. The van der Waals surface area contributed by atoms with Crippen LogP contribution in [0.4, 0.5) is 32.2 Å². The molecule has 3 rings (SSSR count). The standard InChI is InChI=1S/C17H15F6N3O4S2/c1-31(27,28)15-24-13(17(21,22)23)8-14(25-15)26-7-6-10(9-26)32(29,30)12-5-3-2-4-11(12)16(18,19)20/h2-5,8,10H,6-7,9H2,1H3/t10-/m0/s1. The van der Waals surface area contributed by atoms with Crippen LogP contribution >= 0.6 is 0 Å². The highest BCUT2D eigenvalue weighted by atomic mass is 32.2. The van der Waals surface area contributed by atoms with Gasteiger partial charge in [-0.25, -0.2) is 26.8 Å². The molecule has 1 atom stereocenters. The van der Waals surface area contributed by atoms with Crippen LogP contribution in [-0.2, 0) is 32.0 Å². The summed E-state index contributed by atoms with van der Waals surface area (Å²) in [6, 6.07) is 4.07. The first-order chi connectivity index (χ1) is 14.5. The molecule has 7 nitrogen and oxygen atoms in total. The van der Waals surface area contributed by atoms with Gasteiger partial charge in [-0.3, -0.25) is 0 Å². The predicted molar refractivity (Wildman–Crippen MR) is 99.4 cm³/mol. The van der Waals surface area contributed by atoms with Crippen molar-refractivity contribution in [1.82, 2.24) is 9.97 Å². The van der Waals surface area contributed by atoms with Gasteiger partial charge in [0.25, 0.3) is 0 Å². The third kappa shape index (κ3) is 4.82. The Bertz CT molecular complexity index is 1240. The van der Waals surface area contributed by atoms with E-state index < -0.39 is 70.9 Å². The van der Waals surface area contributed by atoms with Gasteiger partial charge in [-0.2, -0.15) is 26.3 Å². The number of halogens is 6. The first-order valence-corrected chi connectivity index (χ1v) is 12.3. The molecule has 15 heteroatoms. The number of alkyl halides is 6. The third-order valence-electron chi connectivity index (χ3n) is 4.72. The molecule has 176 valence electrons. The fourth-order valence-electron chi connectivity index (χ4n) is 3.20. The van der Waals surface area contributed by atoms with Crippen LogP contribution in [0.1, 0.15) is 17.7 Å². The van der Waals surface area contributed by atoms with E-state index in [1.807, 2.05) is 0 Å². The highest BCUT2D eigenvalue weighted by Crippen LogP contribution is 2.37. The van der Waals surface area contributed by atoms with Crippen molar-refractivity contribution in [2.45, 2.75) is 34.1 Å². The number of rotatable bonds is 4. The molecule has 0 N–H and O–H groups in total. The second-order valence-corrected chi connectivity index (χ2v) is 11.2. The fraction of sp³-hybridized carbons (Fsp3) is 0.412. The molecule has 0 spiro atoms. The summed E-state index contributed by atoms with van der Waals surface area (Å²) >= 11 is 0. The Morgan fingerprint density at radius 1 is 0.969 bits per heavy atom. The molecule has 1 aliphatic heterocycles. The molecule has 1 aromatic carbocycles. The van der Waals surface area contributed by atoms with Crippen LogP contribution in [0, 0.1) is 0 Å². The van der Waals surface area contributed by atoms with Crippen molar-refractivity contribution in [2.75, 3.05) is 24.2 Å². The van der Waals surface area contributed by atoms with E-state index in [9.17, 15) is 43.2 Å². The molecule has 1 saturated heterocycles. The highest BCUT2D eigenvalue weighted by Gasteiger charge is 2.42. The molecule has 0 bridgehead atoms. The number of sulfone groups is 2. The third-order valence-corrected chi connectivity index (χ3v) is 7.80. The van der Waals surface area contributed by atoms with Gasteiger partial charge >= 0.3 is 12.4 Å². The number of benzene rings is 1. The number of hydrogen-bond acceptors (Lipinski definition) is 7. The molecule has 0 saturated carbocycles. The Balaban J connectivity index is 1.99. The Morgan fingerprint density at radius 2 is 1.59 bits per heavy atom. The SMILES string of the molecule is CS(=O)(=O)c1nc(N2CC[C@H](S(=O)(=O)c3ccccc3C(F)(F)F)C2)cc(C(F)(F)F)n1. The van der Waals surface area contributed by atoms with Gasteiger partial charge in [0.15, 0.2) is 15.5 Å². The minimum absolute atomic E-state index is 0.171. The zero-order valence-electron chi connectivity index (χ0n) is 16.1. The molecule has 0 unspecified atom stereocenters. The van der Waals surface area contributed by atoms with Crippen molar-refractivity contribution in [3.05, 3.63) is 41.6 Å². The number of anilines is 1. The summed E-state index contributed by atoms with van der Waals surface area (Å²) in [4.78, 5) is 6.74. The lowest BCUT2D eigenvalue weighted by molar-refractivity contribution is -0.141. The van der Waals surface area contributed by atoms with E-state index in [0.717, 1.165) is 23.1 Å². The van der Waals surface area contributed by atoms with E-state index in [0.29, 0.717) is 18.4 Å². The van der Waals surface area contributed by atoms with Gasteiger partial charge in [0, 0.05) is 25.4 Å². The largest absolute Gasteiger partial charge is 0.433 e. The summed E-state index contributed by atoms with van der Waals surface area (Å²) < 4.78 is 128. The molecular formula is C17H15F6N3O4S2. The Kier molecular flexibility index (Phi) is 5.95. The Morgan fingerprint density at radius 3 is 2.16 bits per heavy atom. The van der Waals surface area contributed by atoms with Gasteiger partial charge < -0.3 is 4.90 Å². The summed E-state index contributed by atoms with van der Waals surface area (Å²) in [7, 11) is -8.75. The quantitative estimate of drug-likeness (QED) is 0.468. The Labute approximate surface area is 178 Å². The van der Waals surface area contributed by atoms with Gasteiger partial charge in [-0.1, -0.05) is 12.1 Å². The highest BCUT2D eigenvalue weighted by molar-refractivity contribution is 7.92. The van der Waals surface area contributed by atoms with Crippen molar-refractivity contribution in [1.29, 1.82) is 0 Å². The van der Waals surface area contributed by atoms with Crippen molar-refractivity contribution in [3.63, 3.8) is 0 Å². The molecule has 1 aromatic heterocycles. The normalized spacial score (nSPS) is 18.2. The van der Waals surface area contributed by atoms with Crippen LogP contribution in [-0.4, -0.2) is 51.4 Å². The lowest BCUT2D eigenvalue weighted by Gasteiger charge is -2.20. The van der Waals surface area contributed by atoms with Crippen molar-refractivity contribution >= 4 is 25.5 Å². The molecule has 1 aliphatic rings. The average molecular weight is 503 g/mol. The zero-order valence-corrected chi connectivity index (χ0v) is 17.8. The van der Waals surface area contributed by atoms with Crippen LogP contribution in [0.25, 0.3) is 0 Å². The lowest BCUT2D eigenvalue weighted by atomic mass is 10.2. The maximum absolute atomic E-state index is 13.3. The summed E-state index contributed by atoms with van der Waals surface area (Å²) in [5.74, 6) is -0.491. The monoisotopic (exact) mass is 503 g/mol. The van der Waals surface area contributed by atoms with Crippen LogP contribution in [0.15, 0.2) is 40.4 Å². The number of nitrogens with zero attached hydrogens (tertiary/aromatic N) is 3. The first-order valence-electron chi connectivity index (χ1n) is 8.82. The molecule has 1 fully saturated rings. The maximum atomic E-state index is 13.3. The number of aromatic nitrogens is 2. The number of hydrogen-bond donors (Lipinski definition) is 0. The lowest BCUT2D eigenvalue weighted by Crippen LogP contribution is -2.29. The van der Waals surface area contributed by atoms with Crippen LogP contribution in [0.2, 0.25) is 0 Å². The van der Waals surface area contributed by atoms with Crippen LogP contribution in [0.3, 0.4) is 0 Å². The minimum Gasteiger partial charge on any atom is -0.355 e. The first kappa shape index (κ1) is 24.2. The topological polar surface area (TPSA) is 97.3 Å². The molecule has 2 heterocycles. The molecule has 0 radical (unpaired) electrons. The second kappa shape index (κ2) is 7.86. The van der Waals surface area contributed by atoms with Gasteiger partial charge in [-0.15, -0.1) is 0 Å². The molecule has 0 amide bonds. The van der Waals surface area contributed by atoms with E-state index in [1.54, 1.807) is 0 Å². The maximum Gasteiger partial charge on any atom is 0.433 e. The molecule has 32 heavy (non-hydrogen) atoms. The average Bonchev–Trinajstić information content (AvgIpc) is 3.17.